The van der Waals surface area contributed by atoms with Crippen molar-refractivity contribution < 1.29 is 9.53 Å². The standard InChI is InChI=1S/C23H28Cl3N3O2/c1-31-22-13-20(26)21(27)12-18(22)23(30)28-14-15-6-9-29(10-7-15)8-2-3-16-4-5-17(24)11-19(16)25/h4-5,11-13,15H,2-3,6-10,14,27H2,1H3,(H,28,30). The number of nitrogens with two attached hydrogens (primary N) is 1. The van der Waals surface area contributed by atoms with E-state index in [4.69, 9.17) is 45.3 Å². The number of likely N-dealkylation sites (tertiary alicyclic amines) is 1. The molecule has 8 heteroatoms. The Bertz CT molecular complexity index is 915. The van der Waals surface area contributed by atoms with Crippen molar-refractivity contribution in [3.05, 3.63) is 56.5 Å². The van der Waals surface area contributed by atoms with E-state index in [0.29, 0.717) is 39.5 Å². The predicted molar refractivity (Wildman–Crippen MR) is 129 cm³/mol. The third-order valence-electron chi connectivity index (χ3n) is 5.76. The van der Waals surface area contributed by atoms with Gasteiger partial charge in [-0.25, -0.2) is 0 Å². The van der Waals surface area contributed by atoms with Crippen molar-refractivity contribution in [2.24, 2.45) is 5.92 Å². The highest BCUT2D eigenvalue weighted by atomic mass is 35.5. The summed E-state index contributed by atoms with van der Waals surface area (Å²) in [6.45, 7) is 3.75. The van der Waals surface area contributed by atoms with Gasteiger partial charge in [0.15, 0.2) is 0 Å². The fourth-order valence-corrected chi connectivity index (χ4v) is 4.54. The molecule has 0 aromatic heterocycles. The van der Waals surface area contributed by atoms with Gasteiger partial charge in [0.2, 0.25) is 0 Å². The Kier molecular flexibility index (Phi) is 8.73. The van der Waals surface area contributed by atoms with E-state index in [-0.39, 0.29) is 5.91 Å². The Morgan fingerprint density at radius 2 is 1.90 bits per heavy atom. The minimum Gasteiger partial charge on any atom is -0.496 e. The first-order valence-electron chi connectivity index (χ1n) is 10.4. The fraction of sp³-hybridized carbons (Fsp3) is 0.435. The van der Waals surface area contributed by atoms with Gasteiger partial charge in [-0.2, -0.15) is 0 Å². The number of amides is 1. The number of rotatable bonds is 8. The zero-order chi connectivity index (χ0) is 22.4. The van der Waals surface area contributed by atoms with Crippen molar-refractivity contribution in [2.75, 3.05) is 39.0 Å². The lowest BCUT2D eigenvalue weighted by atomic mass is 9.96. The molecular formula is C23H28Cl3N3O2. The quantitative estimate of drug-likeness (QED) is 0.498. The molecular weight excluding hydrogens is 457 g/mol. The molecule has 0 spiro atoms. The molecule has 3 rings (SSSR count). The molecule has 0 radical (unpaired) electrons. The predicted octanol–water partition coefficient (Wildman–Crippen LogP) is 5.31. The summed E-state index contributed by atoms with van der Waals surface area (Å²) >= 11 is 18.2. The largest absolute Gasteiger partial charge is 0.496 e. The zero-order valence-electron chi connectivity index (χ0n) is 17.6. The van der Waals surface area contributed by atoms with Crippen LogP contribution in [0.25, 0.3) is 0 Å². The number of hydrogen-bond acceptors (Lipinski definition) is 4. The van der Waals surface area contributed by atoms with Gasteiger partial charge in [0, 0.05) is 22.7 Å². The molecule has 1 aliphatic heterocycles. The van der Waals surface area contributed by atoms with Crippen LogP contribution in [0.5, 0.6) is 5.75 Å². The van der Waals surface area contributed by atoms with E-state index < -0.39 is 0 Å². The number of nitrogens with one attached hydrogen (secondary N) is 1. The number of aryl methyl sites for hydroxylation is 1. The Balaban J connectivity index is 1.40. The van der Waals surface area contributed by atoms with E-state index in [9.17, 15) is 4.79 Å². The molecule has 168 valence electrons. The summed E-state index contributed by atoms with van der Waals surface area (Å²) in [5.41, 5.74) is 7.75. The maximum Gasteiger partial charge on any atom is 0.255 e. The van der Waals surface area contributed by atoms with E-state index in [1.165, 1.54) is 7.11 Å². The molecule has 2 aromatic carbocycles. The van der Waals surface area contributed by atoms with Gasteiger partial charge in [0.25, 0.3) is 5.91 Å². The van der Waals surface area contributed by atoms with Crippen LogP contribution in [0.2, 0.25) is 15.1 Å². The second-order valence-corrected chi connectivity index (χ2v) is 9.16. The van der Waals surface area contributed by atoms with Crippen LogP contribution in [0.4, 0.5) is 5.69 Å². The average molecular weight is 485 g/mol. The van der Waals surface area contributed by atoms with Crippen molar-refractivity contribution in [1.29, 1.82) is 0 Å². The van der Waals surface area contributed by atoms with Gasteiger partial charge in [-0.15, -0.1) is 0 Å². The lowest BCUT2D eigenvalue weighted by molar-refractivity contribution is 0.0933. The van der Waals surface area contributed by atoms with Crippen LogP contribution in [-0.4, -0.2) is 44.1 Å². The van der Waals surface area contributed by atoms with E-state index in [1.54, 1.807) is 18.2 Å². The number of nitrogen functional groups attached to an aromatic ring is 1. The number of ether oxygens (including phenoxy) is 1. The molecule has 1 saturated heterocycles. The number of carbonyl (C=O) groups excluding carboxylic acids is 1. The van der Waals surface area contributed by atoms with Crippen LogP contribution in [0.1, 0.15) is 35.2 Å². The second kappa shape index (κ2) is 11.3. The van der Waals surface area contributed by atoms with Crippen LogP contribution in [0.3, 0.4) is 0 Å². The summed E-state index contributed by atoms with van der Waals surface area (Å²) < 4.78 is 5.27. The van der Waals surface area contributed by atoms with Crippen molar-refractivity contribution in [2.45, 2.75) is 25.7 Å². The Morgan fingerprint density at radius 3 is 2.58 bits per heavy atom. The van der Waals surface area contributed by atoms with Gasteiger partial charge in [-0.1, -0.05) is 40.9 Å². The van der Waals surface area contributed by atoms with Gasteiger partial charge in [0.05, 0.1) is 23.4 Å². The number of carbonyl (C=O) groups is 1. The van der Waals surface area contributed by atoms with Crippen LogP contribution >= 0.6 is 34.8 Å². The number of anilines is 1. The van der Waals surface area contributed by atoms with E-state index in [0.717, 1.165) is 55.9 Å². The number of halogens is 3. The lowest BCUT2D eigenvalue weighted by Crippen LogP contribution is -2.39. The van der Waals surface area contributed by atoms with Crippen LogP contribution in [0, 0.1) is 5.92 Å². The minimum atomic E-state index is -0.192. The third-order valence-corrected chi connectivity index (χ3v) is 6.67. The van der Waals surface area contributed by atoms with Gasteiger partial charge >= 0.3 is 0 Å². The topological polar surface area (TPSA) is 67.6 Å². The SMILES string of the molecule is COc1cc(Cl)c(N)cc1C(=O)NCC1CCN(CCCc2ccc(Cl)cc2Cl)CC1. The highest BCUT2D eigenvalue weighted by molar-refractivity contribution is 6.35. The first kappa shape index (κ1) is 24.0. The van der Waals surface area contributed by atoms with Crippen LogP contribution in [0.15, 0.2) is 30.3 Å². The fourth-order valence-electron chi connectivity index (χ4n) is 3.88. The Hall–Kier alpha value is -1.66. The highest BCUT2D eigenvalue weighted by Crippen LogP contribution is 2.29. The Labute approximate surface area is 198 Å². The molecule has 0 saturated carbocycles. The molecule has 3 N–H and O–H groups in total. The number of piperidine rings is 1. The maximum absolute atomic E-state index is 12.6. The molecule has 31 heavy (non-hydrogen) atoms. The summed E-state index contributed by atoms with van der Waals surface area (Å²) in [5.74, 6) is 0.691. The molecule has 1 aliphatic rings. The molecule has 5 nitrogen and oxygen atoms in total. The maximum atomic E-state index is 12.6. The number of methoxy groups -OCH3 is 1. The van der Waals surface area contributed by atoms with E-state index >= 15 is 0 Å². The van der Waals surface area contributed by atoms with E-state index in [2.05, 4.69) is 10.2 Å². The number of benzene rings is 2. The summed E-state index contributed by atoms with van der Waals surface area (Å²) in [7, 11) is 1.51. The number of nitrogens with zero attached hydrogens (tertiary/aromatic N) is 1. The van der Waals surface area contributed by atoms with Gasteiger partial charge in [-0.3, -0.25) is 4.79 Å². The average Bonchev–Trinajstić information content (AvgIpc) is 2.76. The van der Waals surface area contributed by atoms with E-state index in [1.807, 2.05) is 12.1 Å². The molecule has 2 aromatic rings. The summed E-state index contributed by atoms with van der Waals surface area (Å²) in [6, 6.07) is 8.82. The van der Waals surface area contributed by atoms with Crippen LogP contribution < -0.4 is 15.8 Å². The smallest absolute Gasteiger partial charge is 0.255 e. The van der Waals surface area contributed by atoms with Crippen molar-refractivity contribution in [3.8, 4) is 5.75 Å². The molecule has 0 bridgehead atoms. The van der Waals surface area contributed by atoms with Crippen molar-refractivity contribution in [1.82, 2.24) is 10.2 Å². The van der Waals surface area contributed by atoms with Gasteiger partial charge < -0.3 is 20.7 Å². The lowest BCUT2D eigenvalue weighted by Gasteiger charge is -2.32. The number of hydrogen-bond donors (Lipinski definition) is 2. The van der Waals surface area contributed by atoms with Crippen molar-refractivity contribution in [3.63, 3.8) is 0 Å². The normalized spacial score (nSPS) is 15.1. The minimum absolute atomic E-state index is 0.192. The molecule has 0 aliphatic carbocycles. The molecule has 0 unspecified atom stereocenters. The molecule has 0 atom stereocenters. The van der Waals surface area contributed by atoms with Gasteiger partial charge in [-0.05, 0) is 75.0 Å². The van der Waals surface area contributed by atoms with Gasteiger partial charge in [0.1, 0.15) is 5.75 Å². The monoisotopic (exact) mass is 483 g/mol. The molecule has 1 heterocycles. The summed E-state index contributed by atoms with van der Waals surface area (Å²) in [5, 5.41) is 4.80. The van der Waals surface area contributed by atoms with Crippen LogP contribution in [-0.2, 0) is 6.42 Å². The third kappa shape index (κ3) is 6.66. The molecule has 1 fully saturated rings. The van der Waals surface area contributed by atoms with Crippen molar-refractivity contribution >= 4 is 46.4 Å². The summed E-state index contributed by atoms with van der Waals surface area (Å²) in [4.78, 5) is 15.1. The summed E-state index contributed by atoms with van der Waals surface area (Å²) in [6.07, 6.45) is 4.11. The second-order valence-electron chi connectivity index (χ2n) is 7.91. The molecule has 1 amide bonds. The Morgan fingerprint density at radius 1 is 1.16 bits per heavy atom. The first-order chi connectivity index (χ1) is 14.9. The zero-order valence-corrected chi connectivity index (χ0v) is 19.9. The highest BCUT2D eigenvalue weighted by Gasteiger charge is 2.21. The first-order valence-corrected chi connectivity index (χ1v) is 11.6.